The number of aromatic nitrogens is 1. The Morgan fingerprint density at radius 1 is 1.16 bits per heavy atom. The highest BCUT2D eigenvalue weighted by Gasteiger charge is 2.58. The molecule has 4 heteroatoms. The van der Waals surface area contributed by atoms with Crippen LogP contribution in [-0.4, -0.2) is 24.0 Å². The summed E-state index contributed by atoms with van der Waals surface area (Å²) in [5.74, 6) is 3.97. The molecular weight excluding hydrogens is 384 g/mol. The maximum atomic E-state index is 12.2. The Morgan fingerprint density at radius 3 is 2.87 bits per heavy atom. The molecule has 4 nitrogen and oxygen atoms in total. The zero-order valence-electron chi connectivity index (χ0n) is 19.5. The fraction of sp³-hybridized carbons (Fsp3) is 0.704. The molecule has 0 spiro atoms. The van der Waals surface area contributed by atoms with E-state index in [1.165, 1.54) is 43.2 Å². The maximum absolute atomic E-state index is 12.2. The third-order valence-electron chi connectivity index (χ3n) is 9.56. The molecule has 3 aliphatic carbocycles. The third-order valence-corrected chi connectivity index (χ3v) is 9.56. The van der Waals surface area contributed by atoms with Gasteiger partial charge in [-0.05, 0) is 96.7 Å². The fourth-order valence-corrected chi connectivity index (χ4v) is 7.91. The van der Waals surface area contributed by atoms with E-state index in [0.717, 1.165) is 50.0 Å². The summed E-state index contributed by atoms with van der Waals surface area (Å²) in [5.41, 5.74) is 3.28. The number of fused-ring (bicyclic) bond motifs is 5. The lowest BCUT2D eigenvalue weighted by atomic mass is 9.46. The van der Waals surface area contributed by atoms with Crippen LogP contribution in [-0.2, 0) is 4.79 Å². The van der Waals surface area contributed by atoms with Crippen LogP contribution in [0.3, 0.4) is 0 Å². The average Bonchev–Trinajstić information content (AvgIpc) is 3.03. The number of carbonyl (C=O) groups excluding carboxylic acids is 1. The summed E-state index contributed by atoms with van der Waals surface area (Å²) in [6, 6.07) is 2.20. The van der Waals surface area contributed by atoms with Crippen molar-refractivity contribution in [2.45, 2.75) is 72.1 Å². The molecule has 1 aromatic rings. The van der Waals surface area contributed by atoms with Crippen molar-refractivity contribution in [3.63, 3.8) is 0 Å². The van der Waals surface area contributed by atoms with Gasteiger partial charge < -0.3 is 10.1 Å². The quantitative estimate of drug-likeness (QED) is 0.684. The van der Waals surface area contributed by atoms with Gasteiger partial charge in [0.15, 0.2) is 0 Å². The van der Waals surface area contributed by atoms with Gasteiger partial charge in [0.2, 0.25) is 5.91 Å². The van der Waals surface area contributed by atoms with Gasteiger partial charge >= 0.3 is 0 Å². The van der Waals surface area contributed by atoms with Gasteiger partial charge in [0.1, 0.15) is 5.75 Å². The van der Waals surface area contributed by atoms with Gasteiger partial charge in [-0.1, -0.05) is 26.8 Å². The molecular formula is C27H38N2O2. The Bertz CT molecular complexity index is 880. The van der Waals surface area contributed by atoms with Crippen LogP contribution in [0.25, 0.3) is 5.57 Å². The number of carbonyl (C=O) groups is 1. The van der Waals surface area contributed by atoms with Crippen molar-refractivity contribution < 1.29 is 9.53 Å². The molecule has 0 radical (unpaired) electrons. The standard InChI is InChI=1S/C27H38N2O2/c1-4-13-31-20-14-18(16-28-17-20)22-7-8-23-21-6-5-19-15-25(30)29-12-11-26(19,2)24(21)9-10-27(22,23)3/h7,14,16-17,19,21,23-24H,4-6,8-13,15H2,1-3H3,(H,29,30)/t19-,21-,23-,24-,26-,27+/m0/s1. The molecule has 5 rings (SSSR count). The van der Waals surface area contributed by atoms with Crippen LogP contribution in [0.2, 0.25) is 0 Å². The van der Waals surface area contributed by atoms with Crippen molar-refractivity contribution in [1.82, 2.24) is 10.3 Å². The topological polar surface area (TPSA) is 51.2 Å². The smallest absolute Gasteiger partial charge is 0.220 e. The van der Waals surface area contributed by atoms with Crippen LogP contribution in [0.1, 0.15) is 77.7 Å². The lowest BCUT2D eigenvalue weighted by Gasteiger charge is -2.58. The van der Waals surface area contributed by atoms with E-state index in [1.54, 1.807) is 0 Å². The van der Waals surface area contributed by atoms with Crippen molar-refractivity contribution >= 4 is 11.5 Å². The molecule has 1 N–H and O–H groups in total. The maximum Gasteiger partial charge on any atom is 0.220 e. The van der Waals surface area contributed by atoms with Crippen molar-refractivity contribution in [2.24, 2.45) is 34.5 Å². The molecule has 4 aliphatic rings. The zero-order valence-corrected chi connectivity index (χ0v) is 19.5. The molecule has 1 aliphatic heterocycles. The first kappa shape index (κ1) is 21.0. The molecule has 1 saturated heterocycles. The van der Waals surface area contributed by atoms with Crippen molar-refractivity contribution in [3.05, 3.63) is 30.1 Å². The molecule has 168 valence electrons. The van der Waals surface area contributed by atoms with Gasteiger partial charge in [-0.15, -0.1) is 0 Å². The number of nitrogens with zero attached hydrogens (tertiary/aromatic N) is 1. The van der Waals surface area contributed by atoms with Crippen LogP contribution in [0, 0.1) is 34.5 Å². The second-order valence-electron chi connectivity index (χ2n) is 11.0. The van der Waals surface area contributed by atoms with Crippen LogP contribution < -0.4 is 10.1 Å². The van der Waals surface area contributed by atoms with Crippen molar-refractivity contribution in [3.8, 4) is 5.75 Å². The minimum absolute atomic E-state index is 0.230. The van der Waals surface area contributed by atoms with Crippen LogP contribution in [0.4, 0.5) is 0 Å². The van der Waals surface area contributed by atoms with Gasteiger partial charge in [0.25, 0.3) is 0 Å². The van der Waals surface area contributed by atoms with E-state index in [4.69, 9.17) is 4.74 Å². The van der Waals surface area contributed by atoms with Gasteiger partial charge in [-0.3, -0.25) is 9.78 Å². The monoisotopic (exact) mass is 422 g/mol. The van der Waals surface area contributed by atoms with E-state index in [0.29, 0.717) is 17.3 Å². The predicted octanol–water partition coefficient (Wildman–Crippen LogP) is 5.63. The molecule has 1 amide bonds. The summed E-state index contributed by atoms with van der Waals surface area (Å²) in [5, 5.41) is 3.16. The Balaban J connectivity index is 1.40. The van der Waals surface area contributed by atoms with E-state index < -0.39 is 0 Å². The Labute approximate surface area is 187 Å². The third kappa shape index (κ3) is 3.41. The van der Waals surface area contributed by atoms with Crippen LogP contribution in [0.5, 0.6) is 5.75 Å². The first-order valence-corrected chi connectivity index (χ1v) is 12.5. The summed E-state index contributed by atoms with van der Waals surface area (Å²) in [4.78, 5) is 16.7. The van der Waals surface area contributed by atoms with E-state index in [1.807, 2.05) is 12.4 Å². The summed E-state index contributed by atoms with van der Waals surface area (Å²) in [7, 11) is 0. The highest BCUT2D eigenvalue weighted by Crippen LogP contribution is 2.66. The first-order chi connectivity index (χ1) is 15.0. The molecule has 31 heavy (non-hydrogen) atoms. The van der Waals surface area contributed by atoms with Gasteiger partial charge in [0.05, 0.1) is 12.8 Å². The molecule has 0 bridgehead atoms. The molecule has 0 aromatic carbocycles. The van der Waals surface area contributed by atoms with Crippen molar-refractivity contribution in [1.29, 1.82) is 0 Å². The van der Waals surface area contributed by atoms with E-state index in [9.17, 15) is 4.79 Å². The SMILES string of the molecule is CCCOc1cncc(C2=CC[C@H]3[C@@H]4CC[C@H]5CC(=O)NCC[C@]5(C)[C@H]4CC[C@]23C)c1. The summed E-state index contributed by atoms with van der Waals surface area (Å²) in [6.07, 6.45) is 15.5. The average molecular weight is 423 g/mol. The Morgan fingerprint density at radius 2 is 2.03 bits per heavy atom. The number of pyridine rings is 1. The van der Waals surface area contributed by atoms with Crippen LogP contribution in [0.15, 0.2) is 24.5 Å². The highest BCUT2D eigenvalue weighted by molar-refractivity contribution is 5.76. The van der Waals surface area contributed by atoms with E-state index in [2.05, 4.69) is 43.2 Å². The lowest BCUT2D eigenvalue weighted by Crippen LogP contribution is -2.51. The Hall–Kier alpha value is -1.84. The minimum Gasteiger partial charge on any atom is -0.492 e. The second-order valence-corrected chi connectivity index (χ2v) is 11.0. The Kier molecular flexibility index (Phi) is 5.38. The number of hydrogen-bond donors (Lipinski definition) is 1. The number of hydrogen-bond acceptors (Lipinski definition) is 3. The summed E-state index contributed by atoms with van der Waals surface area (Å²) in [6.45, 7) is 8.76. The largest absolute Gasteiger partial charge is 0.492 e. The molecule has 2 heterocycles. The fourth-order valence-electron chi connectivity index (χ4n) is 7.91. The van der Waals surface area contributed by atoms with Gasteiger partial charge in [0, 0.05) is 19.2 Å². The molecule has 2 saturated carbocycles. The molecule has 3 fully saturated rings. The number of ether oxygens (including phenoxy) is 1. The van der Waals surface area contributed by atoms with Crippen LogP contribution >= 0.6 is 0 Å². The molecule has 1 aromatic heterocycles. The lowest BCUT2D eigenvalue weighted by molar-refractivity contribution is -0.124. The van der Waals surface area contributed by atoms with Crippen molar-refractivity contribution in [2.75, 3.05) is 13.2 Å². The normalized spacial score (nSPS) is 39.5. The van der Waals surface area contributed by atoms with Gasteiger partial charge in [-0.2, -0.15) is 0 Å². The highest BCUT2D eigenvalue weighted by atomic mass is 16.5. The number of allylic oxidation sites excluding steroid dienone is 2. The summed E-state index contributed by atoms with van der Waals surface area (Å²) < 4.78 is 5.88. The van der Waals surface area contributed by atoms with E-state index in [-0.39, 0.29) is 11.3 Å². The number of amides is 1. The van der Waals surface area contributed by atoms with E-state index >= 15 is 0 Å². The summed E-state index contributed by atoms with van der Waals surface area (Å²) >= 11 is 0. The van der Waals surface area contributed by atoms with Gasteiger partial charge in [-0.25, -0.2) is 0 Å². The zero-order chi connectivity index (χ0) is 21.6. The predicted molar refractivity (Wildman–Crippen MR) is 124 cm³/mol. The number of nitrogens with one attached hydrogen (secondary N) is 1. The molecule has 6 atom stereocenters. The molecule has 0 unspecified atom stereocenters. The number of rotatable bonds is 4. The minimum atomic E-state index is 0.230. The second kappa shape index (κ2) is 7.94. The first-order valence-electron chi connectivity index (χ1n) is 12.5.